The average molecular weight is 338 g/mol. The van der Waals surface area contributed by atoms with E-state index in [1.807, 2.05) is 6.20 Å². The Hall–Kier alpha value is -2.02. The lowest BCUT2D eigenvalue weighted by molar-refractivity contribution is 0.553. The van der Waals surface area contributed by atoms with Crippen LogP contribution in [0.2, 0.25) is 0 Å². The van der Waals surface area contributed by atoms with Crippen molar-refractivity contribution in [1.82, 2.24) is 15.6 Å². The molecule has 0 fully saturated rings. The van der Waals surface area contributed by atoms with Crippen LogP contribution in [0.3, 0.4) is 0 Å². The summed E-state index contributed by atoms with van der Waals surface area (Å²) in [6.07, 6.45) is 3.09. The monoisotopic (exact) mass is 338 g/mol. The van der Waals surface area contributed by atoms with E-state index in [1.54, 1.807) is 18.4 Å². The Morgan fingerprint density at radius 1 is 1.26 bits per heavy atom. The molecule has 1 aromatic carbocycles. The van der Waals surface area contributed by atoms with Gasteiger partial charge in [-0.3, -0.25) is 4.99 Å². The number of nitrogens with zero attached hydrogens (tertiary/aromatic N) is 2. The van der Waals surface area contributed by atoms with Crippen molar-refractivity contribution in [2.75, 3.05) is 13.6 Å². The molecule has 2 N–H and O–H groups in total. The van der Waals surface area contributed by atoms with Gasteiger partial charge in [-0.1, -0.05) is 13.0 Å². The lowest BCUT2D eigenvalue weighted by atomic mass is 10.1. The number of halogens is 2. The van der Waals surface area contributed by atoms with Gasteiger partial charge in [0, 0.05) is 30.2 Å². The molecule has 0 aliphatic rings. The lowest BCUT2D eigenvalue weighted by Crippen LogP contribution is -2.38. The number of rotatable bonds is 6. The molecular weight excluding hydrogens is 318 g/mol. The smallest absolute Gasteiger partial charge is 0.191 e. The summed E-state index contributed by atoms with van der Waals surface area (Å²) in [6, 6.07) is 3.89. The first-order valence-corrected chi connectivity index (χ1v) is 8.26. The Labute approximate surface area is 138 Å². The van der Waals surface area contributed by atoms with Crippen LogP contribution in [0, 0.1) is 11.6 Å². The minimum Gasteiger partial charge on any atom is -0.356 e. The molecule has 7 heteroatoms. The Kier molecular flexibility index (Phi) is 6.46. The molecule has 0 saturated carbocycles. The normalized spacial score (nSPS) is 11.6. The molecule has 0 spiro atoms. The molecule has 0 aliphatic carbocycles. The molecule has 23 heavy (non-hydrogen) atoms. The van der Waals surface area contributed by atoms with Gasteiger partial charge in [-0.2, -0.15) is 0 Å². The molecular formula is C16H20F2N4S. The van der Waals surface area contributed by atoms with Crippen LogP contribution in [0.1, 0.15) is 22.4 Å². The van der Waals surface area contributed by atoms with Gasteiger partial charge in [-0.15, -0.1) is 11.3 Å². The second kappa shape index (κ2) is 8.57. The average Bonchev–Trinajstić information content (AvgIpc) is 3.01. The second-order valence-corrected chi connectivity index (χ2v) is 6.08. The molecule has 2 rings (SSSR count). The number of aromatic nitrogens is 1. The lowest BCUT2D eigenvalue weighted by Gasteiger charge is -2.11. The maximum absolute atomic E-state index is 13.5. The number of guanidine groups is 1. The van der Waals surface area contributed by atoms with E-state index in [2.05, 4.69) is 27.5 Å². The highest BCUT2D eigenvalue weighted by Crippen LogP contribution is 2.13. The van der Waals surface area contributed by atoms with Crippen molar-refractivity contribution in [3.05, 3.63) is 51.5 Å². The highest BCUT2D eigenvalue weighted by Gasteiger charge is 2.08. The second-order valence-electron chi connectivity index (χ2n) is 4.88. The Morgan fingerprint density at radius 2 is 2.00 bits per heavy atom. The van der Waals surface area contributed by atoms with Crippen LogP contribution < -0.4 is 10.6 Å². The third-order valence-corrected chi connectivity index (χ3v) is 4.45. The Bertz CT molecular complexity index is 650. The largest absolute Gasteiger partial charge is 0.356 e. The maximum Gasteiger partial charge on any atom is 0.191 e. The molecule has 1 heterocycles. The van der Waals surface area contributed by atoms with Crippen molar-refractivity contribution in [2.45, 2.75) is 26.3 Å². The quantitative estimate of drug-likeness (QED) is 0.629. The number of aryl methyl sites for hydroxylation is 1. The molecule has 124 valence electrons. The van der Waals surface area contributed by atoms with Crippen molar-refractivity contribution < 1.29 is 8.78 Å². The van der Waals surface area contributed by atoms with Gasteiger partial charge < -0.3 is 10.6 Å². The zero-order valence-electron chi connectivity index (χ0n) is 13.2. The first-order chi connectivity index (χ1) is 11.1. The third kappa shape index (κ3) is 4.99. The van der Waals surface area contributed by atoms with E-state index in [1.165, 1.54) is 23.1 Å². The zero-order valence-corrected chi connectivity index (χ0v) is 14.0. The topological polar surface area (TPSA) is 49.3 Å². The van der Waals surface area contributed by atoms with Crippen LogP contribution in [0.25, 0.3) is 0 Å². The van der Waals surface area contributed by atoms with E-state index < -0.39 is 11.6 Å². The molecule has 0 unspecified atom stereocenters. The highest BCUT2D eigenvalue weighted by molar-refractivity contribution is 7.11. The van der Waals surface area contributed by atoms with Crippen LogP contribution in [0.4, 0.5) is 8.78 Å². The highest BCUT2D eigenvalue weighted by atomic mass is 32.1. The summed E-state index contributed by atoms with van der Waals surface area (Å²) in [5.74, 6) is -0.468. The SMILES string of the molecule is CCc1cnc(CNC(=NC)NCCc2c(F)cccc2F)s1. The summed E-state index contributed by atoms with van der Waals surface area (Å²) in [6.45, 7) is 3.04. The van der Waals surface area contributed by atoms with Crippen LogP contribution in [-0.2, 0) is 19.4 Å². The number of benzene rings is 1. The van der Waals surface area contributed by atoms with Crippen molar-refractivity contribution in [3.63, 3.8) is 0 Å². The summed E-state index contributed by atoms with van der Waals surface area (Å²) in [7, 11) is 1.65. The summed E-state index contributed by atoms with van der Waals surface area (Å²) in [4.78, 5) is 9.64. The number of thiazole rings is 1. The maximum atomic E-state index is 13.5. The van der Waals surface area contributed by atoms with E-state index in [4.69, 9.17) is 0 Å². The molecule has 0 saturated heterocycles. The fraction of sp³-hybridized carbons (Fsp3) is 0.375. The standard InChI is InChI=1S/C16H20F2N4S/c1-3-11-9-21-15(23-11)10-22-16(19-2)20-8-7-12-13(17)5-4-6-14(12)18/h4-6,9H,3,7-8,10H2,1-2H3,(H2,19,20,22). The van der Waals surface area contributed by atoms with E-state index in [-0.39, 0.29) is 12.0 Å². The third-order valence-electron chi connectivity index (χ3n) is 3.31. The molecule has 2 aromatic rings. The predicted molar refractivity (Wildman–Crippen MR) is 89.8 cm³/mol. The number of hydrogen-bond acceptors (Lipinski definition) is 3. The number of hydrogen-bond donors (Lipinski definition) is 2. The summed E-state index contributed by atoms with van der Waals surface area (Å²) < 4.78 is 27.1. The minimum absolute atomic E-state index is 0.0861. The van der Waals surface area contributed by atoms with Gasteiger partial charge in [-0.05, 0) is 25.0 Å². The Morgan fingerprint density at radius 3 is 2.61 bits per heavy atom. The predicted octanol–water partition coefficient (Wildman–Crippen LogP) is 2.89. The molecule has 0 aliphatic heterocycles. The van der Waals surface area contributed by atoms with E-state index in [0.717, 1.165) is 11.4 Å². The van der Waals surface area contributed by atoms with Gasteiger partial charge in [0.2, 0.25) is 0 Å². The summed E-state index contributed by atoms with van der Waals surface area (Å²) in [5.41, 5.74) is 0.0861. The van der Waals surface area contributed by atoms with Gasteiger partial charge in [0.25, 0.3) is 0 Å². The number of nitrogens with one attached hydrogen (secondary N) is 2. The van der Waals surface area contributed by atoms with Crippen molar-refractivity contribution >= 4 is 17.3 Å². The first-order valence-electron chi connectivity index (χ1n) is 7.45. The zero-order chi connectivity index (χ0) is 16.7. The minimum atomic E-state index is -0.523. The van der Waals surface area contributed by atoms with Crippen molar-refractivity contribution in [2.24, 2.45) is 4.99 Å². The first kappa shape index (κ1) is 17.3. The Balaban J connectivity index is 1.81. The van der Waals surface area contributed by atoms with E-state index in [9.17, 15) is 8.78 Å². The summed E-state index contributed by atoms with van der Waals surface area (Å²) in [5, 5.41) is 7.16. The van der Waals surface area contributed by atoms with Crippen LogP contribution >= 0.6 is 11.3 Å². The fourth-order valence-electron chi connectivity index (χ4n) is 2.05. The summed E-state index contributed by atoms with van der Waals surface area (Å²) >= 11 is 1.65. The van der Waals surface area contributed by atoms with Crippen molar-refractivity contribution in [1.29, 1.82) is 0 Å². The van der Waals surface area contributed by atoms with E-state index in [0.29, 0.717) is 19.0 Å². The van der Waals surface area contributed by atoms with E-state index >= 15 is 0 Å². The molecule has 4 nitrogen and oxygen atoms in total. The van der Waals surface area contributed by atoms with Gasteiger partial charge >= 0.3 is 0 Å². The van der Waals surface area contributed by atoms with Gasteiger partial charge in [0.1, 0.15) is 16.6 Å². The van der Waals surface area contributed by atoms with Crippen molar-refractivity contribution in [3.8, 4) is 0 Å². The molecule has 1 aromatic heterocycles. The molecule has 0 amide bonds. The van der Waals surface area contributed by atoms with Crippen LogP contribution in [0.5, 0.6) is 0 Å². The fourth-order valence-corrected chi connectivity index (χ4v) is 2.85. The van der Waals surface area contributed by atoms with Gasteiger partial charge in [-0.25, -0.2) is 13.8 Å². The number of aliphatic imine (C=N–C) groups is 1. The molecule has 0 atom stereocenters. The van der Waals surface area contributed by atoms with Gasteiger partial charge in [0.15, 0.2) is 5.96 Å². The van der Waals surface area contributed by atoms with Crippen LogP contribution in [0.15, 0.2) is 29.4 Å². The van der Waals surface area contributed by atoms with Crippen LogP contribution in [-0.4, -0.2) is 24.5 Å². The molecule has 0 bridgehead atoms. The van der Waals surface area contributed by atoms with Gasteiger partial charge in [0.05, 0.1) is 6.54 Å². The molecule has 0 radical (unpaired) electrons.